The number of ether oxygens (including phenoxy) is 1. The second-order valence-corrected chi connectivity index (χ2v) is 5.20. The van der Waals surface area contributed by atoms with E-state index in [1.54, 1.807) is 48.1 Å². The van der Waals surface area contributed by atoms with Crippen LogP contribution in [0.15, 0.2) is 41.5 Å². The molecule has 6 heteroatoms. The van der Waals surface area contributed by atoms with Gasteiger partial charge in [-0.15, -0.1) is 0 Å². The number of carbonyl (C=O) groups is 1. The summed E-state index contributed by atoms with van der Waals surface area (Å²) in [6.07, 6.45) is 2.11. The highest BCUT2D eigenvalue weighted by Gasteiger charge is 2.18. The molecule has 0 radical (unpaired) electrons. The Hall–Kier alpha value is -2.34. The van der Waals surface area contributed by atoms with Crippen molar-refractivity contribution in [2.75, 3.05) is 6.61 Å². The fourth-order valence-electron chi connectivity index (χ4n) is 2.15. The number of benzene rings is 1. The molecule has 0 fully saturated rings. The lowest BCUT2D eigenvalue weighted by Crippen LogP contribution is -2.24. The minimum absolute atomic E-state index is 0.0821. The SMILES string of the molecule is CCOC(=O)C(O)c1ccc(-n2ccn(C(C)C)c2=O)cc1. The molecule has 0 aliphatic carbocycles. The highest BCUT2D eigenvalue weighted by molar-refractivity contribution is 5.76. The van der Waals surface area contributed by atoms with Gasteiger partial charge in [-0.3, -0.25) is 9.13 Å². The number of esters is 1. The van der Waals surface area contributed by atoms with Crippen LogP contribution in [0.1, 0.15) is 38.5 Å². The van der Waals surface area contributed by atoms with E-state index in [-0.39, 0.29) is 18.3 Å². The van der Waals surface area contributed by atoms with Gasteiger partial charge in [-0.05, 0) is 38.5 Å². The number of hydrogen-bond acceptors (Lipinski definition) is 4. The standard InChI is InChI=1S/C16H20N2O4/c1-4-22-15(20)14(19)12-5-7-13(8-6-12)18-10-9-17(11(2)3)16(18)21/h5-11,14,19H,4H2,1-3H3. The van der Waals surface area contributed by atoms with Crippen molar-refractivity contribution in [2.45, 2.75) is 32.9 Å². The summed E-state index contributed by atoms with van der Waals surface area (Å²) < 4.78 is 7.92. The van der Waals surface area contributed by atoms with Crippen LogP contribution in [0.3, 0.4) is 0 Å². The lowest BCUT2D eigenvalue weighted by atomic mass is 10.1. The monoisotopic (exact) mass is 304 g/mol. The first-order chi connectivity index (χ1) is 10.5. The van der Waals surface area contributed by atoms with Crippen LogP contribution in [0.2, 0.25) is 0 Å². The van der Waals surface area contributed by atoms with Crippen molar-refractivity contribution >= 4 is 5.97 Å². The fourth-order valence-corrected chi connectivity index (χ4v) is 2.15. The molecule has 0 aliphatic heterocycles. The molecule has 1 atom stereocenters. The summed E-state index contributed by atoms with van der Waals surface area (Å²) in [6, 6.07) is 6.67. The van der Waals surface area contributed by atoms with Crippen LogP contribution in [0, 0.1) is 0 Å². The molecule has 0 aliphatic rings. The molecule has 6 nitrogen and oxygen atoms in total. The van der Waals surface area contributed by atoms with Crippen molar-refractivity contribution in [3.63, 3.8) is 0 Å². The maximum Gasteiger partial charge on any atom is 0.339 e. The number of nitrogens with zero attached hydrogens (tertiary/aromatic N) is 2. The number of aliphatic hydroxyl groups is 1. The Morgan fingerprint density at radius 3 is 2.36 bits per heavy atom. The number of imidazole rings is 1. The predicted molar refractivity (Wildman–Crippen MR) is 82.0 cm³/mol. The van der Waals surface area contributed by atoms with Gasteiger partial charge in [0.25, 0.3) is 0 Å². The van der Waals surface area contributed by atoms with Crippen LogP contribution in [-0.4, -0.2) is 26.8 Å². The molecule has 22 heavy (non-hydrogen) atoms. The Kier molecular flexibility index (Phi) is 4.82. The van der Waals surface area contributed by atoms with Gasteiger partial charge in [-0.1, -0.05) is 12.1 Å². The zero-order valence-electron chi connectivity index (χ0n) is 12.9. The molecule has 1 heterocycles. The summed E-state index contributed by atoms with van der Waals surface area (Å²) in [6.45, 7) is 5.76. The molecular formula is C16H20N2O4. The molecule has 0 amide bonds. The van der Waals surface area contributed by atoms with Gasteiger partial charge in [0.2, 0.25) is 0 Å². The third kappa shape index (κ3) is 3.12. The van der Waals surface area contributed by atoms with E-state index in [9.17, 15) is 14.7 Å². The van der Waals surface area contributed by atoms with Gasteiger partial charge >= 0.3 is 11.7 Å². The van der Waals surface area contributed by atoms with Gasteiger partial charge in [0.05, 0.1) is 12.3 Å². The van der Waals surface area contributed by atoms with E-state index >= 15 is 0 Å². The topological polar surface area (TPSA) is 73.5 Å². The predicted octanol–water partition coefficient (Wildman–Crippen LogP) is 1.82. The van der Waals surface area contributed by atoms with Gasteiger partial charge in [-0.25, -0.2) is 9.59 Å². The Balaban J connectivity index is 2.26. The highest BCUT2D eigenvalue weighted by atomic mass is 16.5. The molecule has 1 unspecified atom stereocenters. The van der Waals surface area contributed by atoms with E-state index in [1.807, 2.05) is 13.8 Å². The molecule has 0 bridgehead atoms. The fraction of sp³-hybridized carbons (Fsp3) is 0.375. The second kappa shape index (κ2) is 6.62. The normalized spacial score (nSPS) is 12.4. The minimum Gasteiger partial charge on any atom is -0.464 e. The summed E-state index contributed by atoms with van der Waals surface area (Å²) in [5, 5.41) is 9.87. The van der Waals surface area contributed by atoms with Crippen molar-refractivity contribution in [3.8, 4) is 5.69 Å². The first-order valence-corrected chi connectivity index (χ1v) is 7.20. The lowest BCUT2D eigenvalue weighted by Gasteiger charge is -2.10. The van der Waals surface area contributed by atoms with Crippen molar-refractivity contribution in [2.24, 2.45) is 0 Å². The quantitative estimate of drug-likeness (QED) is 0.855. The van der Waals surface area contributed by atoms with Crippen LogP contribution in [0.4, 0.5) is 0 Å². The smallest absolute Gasteiger partial charge is 0.339 e. The van der Waals surface area contributed by atoms with Gasteiger partial charge in [0.15, 0.2) is 6.10 Å². The Morgan fingerprint density at radius 2 is 1.86 bits per heavy atom. The molecule has 1 aromatic carbocycles. The maximum atomic E-state index is 12.2. The van der Waals surface area contributed by atoms with E-state index in [0.29, 0.717) is 11.3 Å². The van der Waals surface area contributed by atoms with Crippen LogP contribution in [0.5, 0.6) is 0 Å². The first-order valence-electron chi connectivity index (χ1n) is 7.20. The van der Waals surface area contributed by atoms with Crippen LogP contribution >= 0.6 is 0 Å². The van der Waals surface area contributed by atoms with Crippen LogP contribution < -0.4 is 5.69 Å². The summed E-state index contributed by atoms with van der Waals surface area (Å²) in [5.41, 5.74) is 0.969. The van der Waals surface area contributed by atoms with E-state index in [2.05, 4.69) is 0 Å². The Labute approximate surface area is 128 Å². The molecule has 0 spiro atoms. The largest absolute Gasteiger partial charge is 0.464 e. The summed E-state index contributed by atoms with van der Waals surface area (Å²) >= 11 is 0. The molecule has 0 saturated carbocycles. The van der Waals surface area contributed by atoms with Gasteiger partial charge in [-0.2, -0.15) is 0 Å². The van der Waals surface area contributed by atoms with Gasteiger partial charge in [0, 0.05) is 18.4 Å². The Bertz CT molecular complexity index is 698. The Morgan fingerprint density at radius 1 is 1.23 bits per heavy atom. The van der Waals surface area contributed by atoms with E-state index < -0.39 is 12.1 Å². The number of rotatable bonds is 5. The van der Waals surface area contributed by atoms with E-state index in [1.165, 1.54) is 4.57 Å². The van der Waals surface area contributed by atoms with Crippen LogP contribution in [-0.2, 0) is 9.53 Å². The van der Waals surface area contributed by atoms with Crippen molar-refractivity contribution in [1.29, 1.82) is 0 Å². The van der Waals surface area contributed by atoms with Crippen molar-refractivity contribution in [3.05, 3.63) is 52.7 Å². The zero-order valence-corrected chi connectivity index (χ0v) is 12.9. The van der Waals surface area contributed by atoms with Gasteiger partial charge < -0.3 is 9.84 Å². The number of hydrogen-bond donors (Lipinski definition) is 1. The molecular weight excluding hydrogens is 284 g/mol. The third-order valence-electron chi connectivity index (χ3n) is 3.36. The van der Waals surface area contributed by atoms with Gasteiger partial charge in [0.1, 0.15) is 0 Å². The summed E-state index contributed by atoms with van der Waals surface area (Å²) in [7, 11) is 0. The van der Waals surface area contributed by atoms with Crippen molar-refractivity contribution in [1.82, 2.24) is 9.13 Å². The molecule has 2 aromatic rings. The maximum absolute atomic E-state index is 12.2. The number of carbonyl (C=O) groups excluding carboxylic acids is 1. The van der Waals surface area contributed by atoms with E-state index in [4.69, 9.17) is 4.74 Å². The lowest BCUT2D eigenvalue weighted by molar-refractivity contribution is -0.153. The first kappa shape index (κ1) is 16.0. The average Bonchev–Trinajstić information content (AvgIpc) is 2.89. The average molecular weight is 304 g/mol. The molecule has 1 aromatic heterocycles. The molecule has 2 rings (SSSR count). The van der Waals surface area contributed by atoms with Crippen molar-refractivity contribution < 1.29 is 14.6 Å². The second-order valence-electron chi connectivity index (χ2n) is 5.20. The highest BCUT2D eigenvalue weighted by Crippen LogP contribution is 2.17. The minimum atomic E-state index is -1.31. The molecule has 1 N–H and O–H groups in total. The van der Waals surface area contributed by atoms with E-state index in [0.717, 1.165) is 0 Å². The summed E-state index contributed by atoms with van der Waals surface area (Å²) in [5.74, 6) is -0.682. The molecule has 0 saturated heterocycles. The number of aromatic nitrogens is 2. The third-order valence-corrected chi connectivity index (χ3v) is 3.36. The van der Waals surface area contributed by atoms with Crippen LogP contribution in [0.25, 0.3) is 5.69 Å². The number of aliphatic hydroxyl groups excluding tert-OH is 1. The molecule has 118 valence electrons. The summed E-state index contributed by atoms with van der Waals surface area (Å²) in [4.78, 5) is 23.7. The zero-order chi connectivity index (χ0) is 16.3.